The van der Waals surface area contributed by atoms with Crippen LogP contribution in [-0.2, 0) is 6.42 Å². The van der Waals surface area contributed by atoms with Gasteiger partial charge >= 0.3 is 0 Å². The van der Waals surface area contributed by atoms with Gasteiger partial charge in [0.1, 0.15) is 0 Å². The van der Waals surface area contributed by atoms with Crippen LogP contribution in [0.1, 0.15) is 35.6 Å². The molecule has 2 nitrogen and oxygen atoms in total. The van der Waals surface area contributed by atoms with Crippen molar-refractivity contribution in [3.05, 3.63) is 35.0 Å². The van der Waals surface area contributed by atoms with Crippen LogP contribution >= 0.6 is 0 Å². The zero-order valence-corrected chi connectivity index (χ0v) is 10.2. The zero-order valence-electron chi connectivity index (χ0n) is 10.2. The van der Waals surface area contributed by atoms with Crippen LogP contribution in [0.25, 0.3) is 10.9 Å². The first kappa shape index (κ1) is 9.72. The summed E-state index contributed by atoms with van der Waals surface area (Å²) in [5.41, 5.74) is 5.81. The Labute approximate surface area is 101 Å². The van der Waals surface area contributed by atoms with Crippen molar-refractivity contribution in [1.82, 2.24) is 10.3 Å². The lowest BCUT2D eigenvalue weighted by atomic mass is 9.75. The van der Waals surface area contributed by atoms with Gasteiger partial charge in [0.25, 0.3) is 0 Å². The normalized spacial score (nSPS) is 27.1. The van der Waals surface area contributed by atoms with Gasteiger partial charge in [-0.2, -0.15) is 0 Å². The summed E-state index contributed by atoms with van der Waals surface area (Å²) >= 11 is 0. The molecule has 0 saturated carbocycles. The SMILES string of the molecule is Cc1[nH]c2cccc3c2c1C[C@H]1NCCC[C@H]31. The number of aryl methyl sites for hydroxylation is 1. The molecule has 1 saturated heterocycles. The Morgan fingerprint density at radius 1 is 1.29 bits per heavy atom. The van der Waals surface area contributed by atoms with E-state index >= 15 is 0 Å². The Kier molecular flexibility index (Phi) is 1.92. The Hall–Kier alpha value is -1.28. The van der Waals surface area contributed by atoms with Gasteiger partial charge in [0.2, 0.25) is 0 Å². The molecule has 2 heteroatoms. The van der Waals surface area contributed by atoms with Gasteiger partial charge in [0.05, 0.1) is 0 Å². The summed E-state index contributed by atoms with van der Waals surface area (Å²) in [5, 5.41) is 5.23. The molecule has 2 aliphatic rings. The third-order valence-electron chi connectivity index (χ3n) is 4.58. The fourth-order valence-corrected chi connectivity index (χ4v) is 3.80. The van der Waals surface area contributed by atoms with E-state index in [0.717, 1.165) is 5.92 Å². The van der Waals surface area contributed by atoms with Crippen molar-refractivity contribution >= 4 is 10.9 Å². The van der Waals surface area contributed by atoms with Crippen LogP contribution < -0.4 is 5.32 Å². The average molecular weight is 226 g/mol. The van der Waals surface area contributed by atoms with Gasteiger partial charge in [-0.25, -0.2) is 0 Å². The average Bonchev–Trinajstić information content (AvgIpc) is 2.68. The largest absolute Gasteiger partial charge is 0.358 e. The second-order valence-corrected chi connectivity index (χ2v) is 5.51. The lowest BCUT2D eigenvalue weighted by molar-refractivity contribution is 0.345. The van der Waals surface area contributed by atoms with E-state index in [1.165, 1.54) is 42.4 Å². The maximum atomic E-state index is 3.71. The van der Waals surface area contributed by atoms with Crippen molar-refractivity contribution in [2.75, 3.05) is 6.54 Å². The first-order valence-corrected chi connectivity index (χ1v) is 6.68. The number of benzene rings is 1. The number of nitrogens with one attached hydrogen (secondary N) is 2. The molecule has 1 aromatic heterocycles. The minimum Gasteiger partial charge on any atom is -0.358 e. The molecule has 1 aromatic carbocycles. The van der Waals surface area contributed by atoms with Crippen LogP contribution in [0.3, 0.4) is 0 Å². The summed E-state index contributed by atoms with van der Waals surface area (Å²) in [4.78, 5) is 3.54. The van der Waals surface area contributed by atoms with Crippen molar-refractivity contribution in [1.29, 1.82) is 0 Å². The second kappa shape index (κ2) is 3.36. The predicted octanol–water partition coefficient (Wildman–Crippen LogP) is 2.87. The molecule has 4 rings (SSSR count). The molecule has 2 heterocycles. The minimum atomic E-state index is 0.663. The van der Waals surface area contributed by atoms with Crippen LogP contribution in [0.15, 0.2) is 18.2 Å². The van der Waals surface area contributed by atoms with Crippen LogP contribution in [-0.4, -0.2) is 17.6 Å². The molecule has 2 aromatic rings. The molecule has 17 heavy (non-hydrogen) atoms. The highest BCUT2D eigenvalue weighted by Crippen LogP contribution is 2.41. The highest BCUT2D eigenvalue weighted by Gasteiger charge is 2.33. The van der Waals surface area contributed by atoms with E-state index in [9.17, 15) is 0 Å². The van der Waals surface area contributed by atoms with E-state index in [-0.39, 0.29) is 0 Å². The van der Waals surface area contributed by atoms with Gasteiger partial charge in [-0.05, 0) is 49.9 Å². The summed E-state index contributed by atoms with van der Waals surface area (Å²) in [5.74, 6) is 0.732. The van der Waals surface area contributed by atoms with Crippen molar-refractivity contribution in [2.24, 2.45) is 0 Å². The quantitative estimate of drug-likeness (QED) is 0.710. The number of aromatic amines is 1. The third-order valence-corrected chi connectivity index (χ3v) is 4.58. The summed E-state index contributed by atoms with van der Waals surface area (Å²) in [7, 11) is 0. The van der Waals surface area contributed by atoms with Crippen LogP contribution in [0.2, 0.25) is 0 Å². The molecule has 0 unspecified atom stereocenters. The highest BCUT2D eigenvalue weighted by atomic mass is 14.9. The number of hydrogen-bond donors (Lipinski definition) is 2. The number of piperidine rings is 1. The van der Waals surface area contributed by atoms with E-state index in [4.69, 9.17) is 0 Å². The second-order valence-electron chi connectivity index (χ2n) is 5.51. The number of hydrogen-bond acceptors (Lipinski definition) is 1. The van der Waals surface area contributed by atoms with E-state index in [1.807, 2.05) is 0 Å². The van der Waals surface area contributed by atoms with Gasteiger partial charge in [-0.3, -0.25) is 0 Å². The maximum absolute atomic E-state index is 3.71. The molecule has 0 radical (unpaired) electrons. The number of fused-ring (bicyclic) bond motifs is 2. The fraction of sp³-hybridized carbons (Fsp3) is 0.467. The molecule has 1 aliphatic heterocycles. The zero-order chi connectivity index (χ0) is 11.4. The minimum absolute atomic E-state index is 0.663. The van der Waals surface area contributed by atoms with Gasteiger partial charge in [0.15, 0.2) is 0 Å². The maximum Gasteiger partial charge on any atom is 0.0461 e. The molecule has 1 aliphatic carbocycles. The Morgan fingerprint density at radius 3 is 3.18 bits per heavy atom. The highest BCUT2D eigenvalue weighted by molar-refractivity contribution is 5.89. The molecule has 2 N–H and O–H groups in total. The van der Waals surface area contributed by atoms with Gasteiger partial charge < -0.3 is 10.3 Å². The Bertz CT molecular complexity index is 582. The molecule has 88 valence electrons. The Morgan fingerprint density at radius 2 is 2.24 bits per heavy atom. The van der Waals surface area contributed by atoms with Crippen LogP contribution in [0, 0.1) is 6.92 Å². The van der Waals surface area contributed by atoms with Crippen molar-refractivity contribution in [3.8, 4) is 0 Å². The van der Waals surface area contributed by atoms with Gasteiger partial charge in [-0.1, -0.05) is 12.1 Å². The summed E-state index contributed by atoms with van der Waals surface area (Å²) < 4.78 is 0. The van der Waals surface area contributed by atoms with Crippen molar-refractivity contribution < 1.29 is 0 Å². The third kappa shape index (κ3) is 1.25. The van der Waals surface area contributed by atoms with E-state index in [2.05, 4.69) is 35.4 Å². The van der Waals surface area contributed by atoms with Gasteiger partial charge in [-0.15, -0.1) is 0 Å². The van der Waals surface area contributed by atoms with Crippen LogP contribution in [0.4, 0.5) is 0 Å². The smallest absolute Gasteiger partial charge is 0.0461 e. The van der Waals surface area contributed by atoms with Crippen LogP contribution in [0.5, 0.6) is 0 Å². The lowest BCUT2D eigenvalue weighted by Crippen LogP contribution is -2.43. The molecular formula is C15H18N2. The molecule has 0 spiro atoms. The summed E-state index contributed by atoms with van der Waals surface area (Å²) in [6.45, 7) is 3.40. The monoisotopic (exact) mass is 226 g/mol. The molecule has 2 atom stereocenters. The molecular weight excluding hydrogens is 208 g/mol. The predicted molar refractivity (Wildman–Crippen MR) is 70.5 cm³/mol. The summed E-state index contributed by atoms with van der Waals surface area (Å²) in [6.07, 6.45) is 3.87. The molecule has 1 fully saturated rings. The number of rotatable bonds is 0. The summed E-state index contributed by atoms with van der Waals surface area (Å²) in [6, 6.07) is 7.42. The van der Waals surface area contributed by atoms with E-state index in [0.29, 0.717) is 6.04 Å². The fourth-order valence-electron chi connectivity index (χ4n) is 3.80. The standard InChI is InChI=1S/C15H18N2/c1-9-12-8-14-10(5-3-7-16-14)11-4-2-6-13(17-9)15(11)12/h2,4,6,10,14,16-17H,3,5,7-8H2,1H3/t10-,14-/m1/s1. The molecule has 0 amide bonds. The first-order valence-electron chi connectivity index (χ1n) is 6.68. The topological polar surface area (TPSA) is 27.8 Å². The van der Waals surface area contributed by atoms with E-state index in [1.54, 1.807) is 11.1 Å². The first-order chi connectivity index (χ1) is 8.34. The van der Waals surface area contributed by atoms with Crippen molar-refractivity contribution in [2.45, 2.75) is 38.1 Å². The number of H-pyrrole nitrogens is 1. The Balaban J connectivity index is 2.01. The number of aromatic nitrogens is 1. The molecule has 0 bridgehead atoms. The van der Waals surface area contributed by atoms with E-state index < -0.39 is 0 Å². The van der Waals surface area contributed by atoms with Crippen molar-refractivity contribution in [3.63, 3.8) is 0 Å². The lowest BCUT2D eigenvalue weighted by Gasteiger charge is -2.36. The van der Waals surface area contributed by atoms with Gasteiger partial charge in [0, 0.05) is 28.6 Å².